The zero-order chi connectivity index (χ0) is 26.5. The Hall–Kier alpha value is -3.44. The van der Waals surface area contributed by atoms with Gasteiger partial charge < -0.3 is 4.90 Å². The number of carbonyl (C=O) groups is 1. The number of halogens is 1. The van der Waals surface area contributed by atoms with Crippen LogP contribution in [-0.2, 0) is 0 Å². The quantitative estimate of drug-likeness (QED) is 0.218. The van der Waals surface area contributed by atoms with Crippen LogP contribution in [0.4, 0.5) is 0 Å². The Kier molecular flexibility index (Phi) is 8.45. The molecule has 0 saturated carbocycles. The average molecular weight is 516 g/mol. The minimum Gasteiger partial charge on any atom is -0.329 e. The molecule has 0 radical (unpaired) electrons. The van der Waals surface area contributed by atoms with Gasteiger partial charge in [0.1, 0.15) is 5.82 Å². The Balaban J connectivity index is 1.89. The molecule has 4 aromatic rings. The Morgan fingerprint density at radius 2 is 1.70 bits per heavy atom. The minimum absolute atomic E-state index is 0.0687. The molecule has 1 heterocycles. The molecule has 1 atom stereocenters. The predicted molar refractivity (Wildman–Crippen MR) is 152 cm³/mol. The first-order valence-electron chi connectivity index (χ1n) is 13.0. The maximum Gasteiger partial charge on any atom is 0.266 e. The van der Waals surface area contributed by atoms with Gasteiger partial charge in [-0.1, -0.05) is 73.7 Å². The van der Waals surface area contributed by atoms with Crippen LogP contribution in [0.25, 0.3) is 16.6 Å². The number of nitrogens with zero attached hydrogens (tertiary/aromatic N) is 3. The molecule has 3 aromatic carbocycles. The summed E-state index contributed by atoms with van der Waals surface area (Å²) in [5.41, 5.74) is 3.62. The Labute approximate surface area is 223 Å². The van der Waals surface area contributed by atoms with E-state index in [-0.39, 0.29) is 11.5 Å². The van der Waals surface area contributed by atoms with Crippen molar-refractivity contribution in [3.05, 3.63) is 105 Å². The maximum absolute atomic E-state index is 13.9. The molecule has 0 fully saturated rings. The highest BCUT2D eigenvalue weighted by molar-refractivity contribution is 6.31. The lowest BCUT2D eigenvalue weighted by atomic mass is 10.1. The summed E-state index contributed by atoms with van der Waals surface area (Å²) in [6.45, 7) is 8.60. The van der Waals surface area contributed by atoms with E-state index in [2.05, 4.69) is 6.92 Å². The maximum atomic E-state index is 13.9. The molecule has 192 valence electrons. The fraction of sp³-hybridized carbons (Fsp3) is 0.323. The van der Waals surface area contributed by atoms with Gasteiger partial charge in [-0.2, -0.15) is 0 Å². The molecule has 37 heavy (non-hydrogen) atoms. The van der Waals surface area contributed by atoms with Crippen molar-refractivity contribution < 1.29 is 4.79 Å². The summed E-state index contributed by atoms with van der Waals surface area (Å²) in [5.74, 6) is 0.450. The number of carbonyl (C=O) groups excluding carboxylic acids is 1. The van der Waals surface area contributed by atoms with E-state index in [1.54, 1.807) is 10.6 Å². The lowest BCUT2D eigenvalue weighted by Crippen LogP contribution is -2.38. The molecule has 0 saturated heterocycles. The van der Waals surface area contributed by atoms with Crippen molar-refractivity contribution in [3.8, 4) is 5.69 Å². The standard InChI is InChI=1S/C31H34ClN3O2/c1-5-6-7-10-20-34(30(36)24-18-16-21(2)17-19-24)23(4)29-33-27-14-9-8-12-25(27)31(37)35(29)28-15-11-13-26(32)22(28)3/h8-9,11-19,23H,5-7,10,20H2,1-4H3. The van der Waals surface area contributed by atoms with Crippen molar-refractivity contribution in [2.45, 2.75) is 59.4 Å². The topological polar surface area (TPSA) is 55.2 Å². The molecule has 1 amide bonds. The summed E-state index contributed by atoms with van der Waals surface area (Å²) >= 11 is 6.47. The van der Waals surface area contributed by atoms with Crippen LogP contribution in [0.15, 0.2) is 71.5 Å². The van der Waals surface area contributed by atoms with Gasteiger partial charge in [-0.15, -0.1) is 0 Å². The van der Waals surface area contributed by atoms with Crippen molar-refractivity contribution in [1.29, 1.82) is 0 Å². The van der Waals surface area contributed by atoms with Gasteiger partial charge >= 0.3 is 0 Å². The van der Waals surface area contributed by atoms with E-state index in [0.29, 0.717) is 39.5 Å². The number of amides is 1. The third-order valence-electron chi connectivity index (χ3n) is 6.93. The Morgan fingerprint density at radius 1 is 0.973 bits per heavy atom. The minimum atomic E-state index is -0.453. The molecule has 4 rings (SSSR count). The monoisotopic (exact) mass is 515 g/mol. The number of aromatic nitrogens is 2. The Bertz CT molecular complexity index is 1460. The van der Waals surface area contributed by atoms with Gasteiger partial charge in [0.2, 0.25) is 0 Å². The molecular weight excluding hydrogens is 482 g/mol. The zero-order valence-corrected chi connectivity index (χ0v) is 22.8. The van der Waals surface area contributed by atoms with E-state index in [1.165, 1.54) is 0 Å². The van der Waals surface area contributed by atoms with Gasteiger partial charge in [-0.3, -0.25) is 14.2 Å². The first kappa shape index (κ1) is 26.6. The second-order valence-electron chi connectivity index (χ2n) is 9.61. The highest BCUT2D eigenvalue weighted by Gasteiger charge is 2.28. The molecule has 0 spiro atoms. The predicted octanol–water partition coefficient (Wildman–Crippen LogP) is 7.44. The van der Waals surface area contributed by atoms with Crippen LogP contribution in [0.1, 0.15) is 72.9 Å². The van der Waals surface area contributed by atoms with Gasteiger partial charge in [0, 0.05) is 17.1 Å². The summed E-state index contributed by atoms with van der Waals surface area (Å²) in [6.07, 6.45) is 4.14. The number of para-hydroxylation sites is 1. The normalized spacial score (nSPS) is 12.0. The summed E-state index contributed by atoms with van der Waals surface area (Å²) < 4.78 is 1.63. The van der Waals surface area contributed by atoms with E-state index in [9.17, 15) is 9.59 Å². The number of benzene rings is 3. The summed E-state index contributed by atoms with van der Waals surface area (Å²) in [5, 5.41) is 1.10. The number of rotatable bonds is 9. The van der Waals surface area contributed by atoms with Crippen molar-refractivity contribution in [1.82, 2.24) is 14.5 Å². The molecule has 0 N–H and O–H groups in total. The summed E-state index contributed by atoms with van der Waals surface area (Å²) in [7, 11) is 0. The van der Waals surface area contributed by atoms with Crippen molar-refractivity contribution >= 4 is 28.4 Å². The highest BCUT2D eigenvalue weighted by atomic mass is 35.5. The van der Waals surface area contributed by atoms with Crippen LogP contribution in [0.5, 0.6) is 0 Å². The highest BCUT2D eigenvalue weighted by Crippen LogP contribution is 2.28. The molecular formula is C31H34ClN3O2. The number of hydrogen-bond donors (Lipinski definition) is 0. The molecule has 0 bridgehead atoms. The van der Waals surface area contributed by atoms with Crippen molar-refractivity contribution in [2.75, 3.05) is 6.54 Å². The first-order chi connectivity index (χ1) is 17.8. The molecule has 1 unspecified atom stereocenters. The third kappa shape index (κ3) is 5.62. The van der Waals surface area contributed by atoms with E-state index in [1.807, 2.05) is 86.3 Å². The van der Waals surface area contributed by atoms with Crippen LogP contribution < -0.4 is 5.56 Å². The zero-order valence-electron chi connectivity index (χ0n) is 22.0. The van der Waals surface area contributed by atoms with E-state index in [0.717, 1.165) is 36.8 Å². The van der Waals surface area contributed by atoms with E-state index < -0.39 is 6.04 Å². The fourth-order valence-corrected chi connectivity index (χ4v) is 4.85. The van der Waals surface area contributed by atoms with Gasteiger partial charge in [-0.05, 0) is 69.2 Å². The largest absolute Gasteiger partial charge is 0.329 e. The SMILES string of the molecule is CCCCCCN(C(=O)c1ccc(C)cc1)C(C)c1nc2ccccc2c(=O)n1-c1cccc(Cl)c1C. The van der Waals surface area contributed by atoms with Crippen LogP contribution >= 0.6 is 11.6 Å². The number of hydrogen-bond acceptors (Lipinski definition) is 3. The van der Waals surface area contributed by atoms with Gasteiger partial charge in [0.15, 0.2) is 0 Å². The molecule has 6 heteroatoms. The van der Waals surface area contributed by atoms with Crippen molar-refractivity contribution in [3.63, 3.8) is 0 Å². The van der Waals surface area contributed by atoms with Gasteiger partial charge in [-0.25, -0.2) is 4.98 Å². The van der Waals surface area contributed by atoms with E-state index in [4.69, 9.17) is 16.6 Å². The third-order valence-corrected chi connectivity index (χ3v) is 7.34. The lowest BCUT2D eigenvalue weighted by molar-refractivity contribution is 0.0677. The Morgan fingerprint density at radius 3 is 2.43 bits per heavy atom. The van der Waals surface area contributed by atoms with Gasteiger partial charge in [0.25, 0.3) is 11.5 Å². The number of fused-ring (bicyclic) bond motifs is 1. The molecule has 1 aromatic heterocycles. The summed E-state index contributed by atoms with van der Waals surface area (Å²) in [6, 6.07) is 20.0. The van der Waals surface area contributed by atoms with Crippen LogP contribution in [-0.4, -0.2) is 26.9 Å². The second-order valence-corrected chi connectivity index (χ2v) is 10.0. The number of unbranched alkanes of at least 4 members (excludes halogenated alkanes) is 3. The van der Waals surface area contributed by atoms with Crippen LogP contribution in [0.3, 0.4) is 0 Å². The average Bonchev–Trinajstić information content (AvgIpc) is 2.90. The lowest BCUT2D eigenvalue weighted by Gasteiger charge is -2.31. The molecule has 0 aliphatic rings. The molecule has 0 aliphatic heterocycles. The second kappa shape index (κ2) is 11.7. The van der Waals surface area contributed by atoms with Gasteiger partial charge in [0.05, 0.1) is 22.6 Å². The number of aryl methyl sites for hydroxylation is 1. The summed E-state index contributed by atoms with van der Waals surface area (Å²) in [4.78, 5) is 34.6. The first-order valence-corrected chi connectivity index (χ1v) is 13.4. The fourth-order valence-electron chi connectivity index (χ4n) is 4.68. The van der Waals surface area contributed by atoms with Crippen molar-refractivity contribution in [2.24, 2.45) is 0 Å². The molecule has 5 nitrogen and oxygen atoms in total. The smallest absolute Gasteiger partial charge is 0.266 e. The van der Waals surface area contributed by atoms with Crippen LogP contribution in [0.2, 0.25) is 5.02 Å². The van der Waals surface area contributed by atoms with E-state index >= 15 is 0 Å². The van der Waals surface area contributed by atoms with Crippen LogP contribution in [0, 0.1) is 13.8 Å². The molecule has 0 aliphatic carbocycles.